The first kappa shape index (κ1) is 30.7. The third-order valence-electron chi connectivity index (χ3n) is 6.40. The molecule has 0 radical (unpaired) electrons. The monoisotopic (exact) mass is 633 g/mol. The molecule has 0 saturated heterocycles. The maximum Gasteiger partial charge on any atom is 0.264 e. The number of benzene rings is 3. The Morgan fingerprint density at radius 2 is 1.64 bits per heavy atom. The van der Waals surface area contributed by atoms with Crippen molar-refractivity contribution < 1.29 is 18.0 Å². The lowest BCUT2D eigenvalue weighted by molar-refractivity contribution is -0.139. The van der Waals surface area contributed by atoms with Gasteiger partial charge >= 0.3 is 0 Å². The molecule has 208 valence electrons. The van der Waals surface area contributed by atoms with E-state index in [0.717, 1.165) is 26.3 Å². The van der Waals surface area contributed by atoms with Gasteiger partial charge in [-0.05, 0) is 86.8 Å². The molecule has 2 atom stereocenters. The quantitative estimate of drug-likeness (QED) is 0.283. The zero-order valence-electron chi connectivity index (χ0n) is 22.4. The third-order valence-corrected chi connectivity index (χ3v) is 8.97. The number of nitrogens with one attached hydrogen (secondary N) is 1. The smallest absolute Gasteiger partial charge is 0.264 e. The number of rotatable bonds is 11. The molecule has 0 heterocycles. The Morgan fingerprint density at radius 3 is 2.23 bits per heavy atom. The van der Waals surface area contributed by atoms with Gasteiger partial charge in [0.25, 0.3) is 10.0 Å². The molecule has 0 aromatic heterocycles. The van der Waals surface area contributed by atoms with Gasteiger partial charge in [0.2, 0.25) is 11.8 Å². The second-order valence-electron chi connectivity index (χ2n) is 9.45. The molecule has 0 unspecified atom stereocenters. The Balaban J connectivity index is 2.02. The van der Waals surface area contributed by atoms with Crippen molar-refractivity contribution in [3.8, 4) is 0 Å². The van der Waals surface area contributed by atoms with E-state index in [0.29, 0.717) is 10.7 Å². The summed E-state index contributed by atoms with van der Waals surface area (Å²) in [7, 11) is -4.14. The molecule has 39 heavy (non-hydrogen) atoms. The molecule has 0 saturated carbocycles. The number of amides is 2. The summed E-state index contributed by atoms with van der Waals surface area (Å²) in [4.78, 5) is 28.4. The predicted octanol–water partition coefficient (Wildman–Crippen LogP) is 5.94. The van der Waals surface area contributed by atoms with Gasteiger partial charge in [0, 0.05) is 22.1 Å². The standard InChI is InChI=1S/C29H33BrClN3O4S/c1-5-21(3)32-29(36)22(4)33(18-23-9-11-24(30)12-10-23)28(35)19-34(26-8-6-7-20(2)17-26)39(37,38)27-15-13-25(31)14-16-27/h6-17,21-22H,5,18-19H2,1-4H3,(H,32,36)/t21-,22+/m0/s1. The van der Waals surface area contributed by atoms with Crippen LogP contribution in [0, 0.1) is 6.92 Å². The molecule has 0 aliphatic rings. The molecule has 0 spiro atoms. The van der Waals surface area contributed by atoms with Gasteiger partial charge in [0.15, 0.2) is 0 Å². The van der Waals surface area contributed by atoms with E-state index >= 15 is 0 Å². The van der Waals surface area contributed by atoms with Gasteiger partial charge in [-0.25, -0.2) is 8.42 Å². The molecule has 10 heteroatoms. The van der Waals surface area contributed by atoms with Gasteiger partial charge < -0.3 is 10.2 Å². The number of sulfonamides is 1. The molecule has 3 rings (SSSR count). The molecule has 0 aliphatic heterocycles. The van der Waals surface area contributed by atoms with Crippen molar-refractivity contribution in [1.82, 2.24) is 10.2 Å². The fourth-order valence-corrected chi connectivity index (χ4v) is 5.68. The Hall–Kier alpha value is -2.88. The van der Waals surface area contributed by atoms with Crippen molar-refractivity contribution >= 4 is 55.1 Å². The Bertz CT molecular complexity index is 1400. The maximum atomic E-state index is 13.9. The highest BCUT2D eigenvalue weighted by Crippen LogP contribution is 2.26. The van der Waals surface area contributed by atoms with Gasteiger partial charge in [0.1, 0.15) is 12.6 Å². The molecule has 0 bridgehead atoms. The zero-order chi connectivity index (χ0) is 28.7. The lowest BCUT2D eigenvalue weighted by Gasteiger charge is -2.32. The summed E-state index contributed by atoms with van der Waals surface area (Å²) in [6.07, 6.45) is 0.736. The SMILES string of the molecule is CC[C@H](C)NC(=O)[C@@H](C)N(Cc1ccc(Br)cc1)C(=O)CN(c1cccc(C)c1)S(=O)(=O)c1ccc(Cl)cc1. The third kappa shape index (κ3) is 8.06. The van der Waals surface area contributed by atoms with Gasteiger partial charge in [0.05, 0.1) is 10.6 Å². The first-order valence-corrected chi connectivity index (χ1v) is 15.2. The van der Waals surface area contributed by atoms with Crippen molar-refractivity contribution in [2.45, 2.75) is 57.6 Å². The van der Waals surface area contributed by atoms with Gasteiger partial charge in [-0.3, -0.25) is 13.9 Å². The van der Waals surface area contributed by atoms with E-state index in [4.69, 9.17) is 11.6 Å². The molecule has 3 aromatic rings. The molecule has 7 nitrogen and oxygen atoms in total. The van der Waals surface area contributed by atoms with E-state index < -0.39 is 28.5 Å². The average molecular weight is 635 g/mol. The molecule has 2 amide bonds. The van der Waals surface area contributed by atoms with Crippen LogP contribution in [0.4, 0.5) is 5.69 Å². The van der Waals surface area contributed by atoms with Crippen LogP contribution in [0.25, 0.3) is 0 Å². The van der Waals surface area contributed by atoms with Gasteiger partial charge in [-0.2, -0.15) is 0 Å². The first-order valence-electron chi connectivity index (χ1n) is 12.6. The maximum absolute atomic E-state index is 13.9. The van der Waals surface area contributed by atoms with Crippen LogP contribution in [0.3, 0.4) is 0 Å². The lowest BCUT2D eigenvalue weighted by Crippen LogP contribution is -2.52. The summed E-state index contributed by atoms with van der Waals surface area (Å²) in [5.74, 6) is -0.818. The average Bonchev–Trinajstić information content (AvgIpc) is 2.90. The summed E-state index contributed by atoms with van der Waals surface area (Å²) < 4.78 is 29.6. The van der Waals surface area contributed by atoms with E-state index in [9.17, 15) is 18.0 Å². The molecular weight excluding hydrogens is 602 g/mol. The van der Waals surface area contributed by atoms with Crippen LogP contribution in [0.15, 0.2) is 82.2 Å². The molecule has 0 aliphatic carbocycles. The molecule has 1 N–H and O–H groups in total. The Morgan fingerprint density at radius 1 is 1.00 bits per heavy atom. The van der Waals surface area contributed by atoms with E-state index in [-0.39, 0.29) is 23.4 Å². The van der Waals surface area contributed by atoms with Crippen LogP contribution < -0.4 is 9.62 Å². The largest absolute Gasteiger partial charge is 0.352 e. The number of carbonyl (C=O) groups excluding carboxylic acids is 2. The fourth-order valence-electron chi connectivity index (χ4n) is 3.88. The number of anilines is 1. The minimum atomic E-state index is -4.14. The summed E-state index contributed by atoms with van der Waals surface area (Å²) >= 11 is 9.41. The second kappa shape index (κ2) is 13.5. The van der Waals surface area contributed by atoms with Crippen LogP contribution >= 0.6 is 27.5 Å². The number of halogens is 2. The summed E-state index contributed by atoms with van der Waals surface area (Å²) in [5, 5.41) is 3.33. The van der Waals surface area contributed by atoms with Crippen molar-refractivity contribution in [3.63, 3.8) is 0 Å². The first-order chi connectivity index (χ1) is 18.4. The van der Waals surface area contributed by atoms with Crippen LogP contribution in [0.1, 0.15) is 38.3 Å². The highest BCUT2D eigenvalue weighted by atomic mass is 79.9. The normalized spacial score (nSPS) is 12.9. The van der Waals surface area contributed by atoms with Crippen LogP contribution in [-0.4, -0.2) is 43.8 Å². The van der Waals surface area contributed by atoms with Crippen molar-refractivity contribution in [3.05, 3.63) is 93.4 Å². The van der Waals surface area contributed by atoms with Crippen molar-refractivity contribution in [1.29, 1.82) is 0 Å². The second-order valence-corrected chi connectivity index (χ2v) is 12.7. The van der Waals surface area contributed by atoms with E-state index in [1.807, 2.05) is 51.1 Å². The number of hydrogen-bond donors (Lipinski definition) is 1. The summed E-state index contributed by atoms with van der Waals surface area (Å²) in [5.41, 5.74) is 1.99. The topological polar surface area (TPSA) is 86.8 Å². The minimum absolute atomic E-state index is 0.00299. The Kier molecular flexibility index (Phi) is 10.6. The van der Waals surface area contributed by atoms with E-state index in [1.165, 1.54) is 29.2 Å². The van der Waals surface area contributed by atoms with Gasteiger partial charge in [-0.15, -0.1) is 0 Å². The Labute approximate surface area is 244 Å². The molecule has 3 aromatic carbocycles. The predicted molar refractivity (Wildman–Crippen MR) is 159 cm³/mol. The highest BCUT2D eigenvalue weighted by Gasteiger charge is 2.32. The zero-order valence-corrected chi connectivity index (χ0v) is 25.6. The highest BCUT2D eigenvalue weighted by molar-refractivity contribution is 9.10. The number of carbonyl (C=O) groups is 2. The number of nitrogens with zero attached hydrogens (tertiary/aromatic N) is 2. The van der Waals surface area contributed by atoms with Gasteiger partial charge in [-0.1, -0.05) is 58.7 Å². The lowest BCUT2D eigenvalue weighted by atomic mass is 10.1. The van der Waals surface area contributed by atoms with Crippen LogP contribution in [-0.2, 0) is 26.2 Å². The molecule has 0 fully saturated rings. The fraction of sp³-hybridized carbons (Fsp3) is 0.310. The van der Waals surface area contributed by atoms with Crippen molar-refractivity contribution in [2.75, 3.05) is 10.8 Å². The minimum Gasteiger partial charge on any atom is -0.352 e. The summed E-state index contributed by atoms with van der Waals surface area (Å²) in [6.45, 7) is 6.99. The van der Waals surface area contributed by atoms with Crippen molar-refractivity contribution in [2.24, 2.45) is 0 Å². The molecular formula is C29H33BrClN3O4S. The van der Waals surface area contributed by atoms with E-state index in [2.05, 4.69) is 21.2 Å². The summed E-state index contributed by atoms with van der Waals surface area (Å²) in [6, 6.07) is 19.2. The van der Waals surface area contributed by atoms with E-state index in [1.54, 1.807) is 25.1 Å². The van der Waals surface area contributed by atoms with Crippen LogP contribution in [0.5, 0.6) is 0 Å². The number of aryl methyl sites for hydroxylation is 1. The number of hydrogen-bond acceptors (Lipinski definition) is 4. The van der Waals surface area contributed by atoms with Crippen LogP contribution in [0.2, 0.25) is 5.02 Å².